The molecule has 18 heavy (non-hydrogen) atoms. The number of imidazole rings is 1. The standard InChI is InChI=1S/C12H11N5S/c1-17-5-4-14-12(17)18-11-9-3-2-8(13)6-10(9)15-7-16-11/h2-7H,13H2,1H3. The summed E-state index contributed by atoms with van der Waals surface area (Å²) in [6.07, 6.45) is 5.22. The van der Waals surface area contributed by atoms with Crippen LogP contribution in [0, 0.1) is 0 Å². The third kappa shape index (κ3) is 1.91. The van der Waals surface area contributed by atoms with Crippen molar-refractivity contribution in [3.05, 3.63) is 36.9 Å². The van der Waals surface area contributed by atoms with Gasteiger partial charge in [0.05, 0.1) is 5.52 Å². The molecule has 6 heteroatoms. The first-order valence-corrected chi connectivity index (χ1v) is 6.21. The highest BCUT2D eigenvalue weighted by Crippen LogP contribution is 2.30. The van der Waals surface area contributed by atoms with Gasteiger partial charge in [-0.05, 0) is 30.0 Å². The number of rotatable bonds is 2. The Hall–Kier alpha value is -2.08. The van der Waals surface area contributed by atoms with Crippen molar-refractivity contribution in [3.63, 3.8) is 0 Å². The molecule has 5 nitrogen and oxygen atoms in total. The maximum Gasteiger partial charge on any atom is 0.174 e. The van der Waals surface area contributed by atoms with E-state index in [1.807, 2.05) is 36.0 Å². The van der Waals surface area contributed by atoms with Gasteiger partial charge in [-0.1, -0.05) is 0 Å². The number of nitrogens with zero attached hydrogens (tertiary/aromatic N) is 4. The molecule has 3 rings (SSSR count). The lowest BCUT2D eigenvalue weighted by molar-refractivity contribution is 0.789. The summed E-state index contributed by atoms with van der Waals surface area (Å²) >= 11 is 1.52. The van der Waals surface area contributed by atoms with Crippen molar-refractivity contribution >= 4 is 28.4 Å². The average molecular weight is 257 g/mol. The minimum Gasteiger partial charge on any atom is -0.399 e. The first-order chi connectivity index (χ1) is 8.74. The van der Waals surface area contributed by atoms with Gasteiger partial charge < -0.3 is 10.3 Å². The molecule has 0 saturated carbocycles. The van der Waals surface area contributed by atoms with Crippen LogP contribution in [-0.2, 0) is 7.05 Å². The number of hydrogen-bond acceptors (Lipinski definition) is 5. The van der Waals surface area contributed by atoms with E-state index in [2.05, 4.69) is 15.0 Å². The van der Waals surface area contributed by atoms with E-state index in [1.54, 1.807) is 12.5 Å². The van der Waals surface area contributed by atoms with Gasteiger partial charge in [0, 0.05) is 30.5 Å². The minimum atomic E-state index is 0.703. The molecule has 0 aliphatic carbocycles. The zero-order chi connectivity index (χ0) is 12.5. The van der Waals surface area contributed by atoms with E-state index in [1.165, 1.54) is 11.8 Å². The fraction of sp³-hybridized carbons (Fsp3) is 0.0833. The van der Waals surface area contributed by atoms with Gasteiger partial charge in [-0.2, -0.15) is 0 Å². The van der Waals surface area contributed by atoms with Crippen LogP contribution in [0.2, 0.25) is 0 Å². The second-order valence-corrected chi connectivity index (χ2v) is 4.83. The van der Waals surface area contributed by atoms with Crippen molar-refractivity contribution in [2.24, 2.45) is 7.05 Å². The van der Waals surface area contributed by atoms with Crippen LogP contribution in [0.5, 0.6) is 0 Å². The number of fused-ring (bicyclic) bond motifs is 1. The molecule has 0 radical (unpaired) electrons. The van der Waals surface area contributed by atoms with Gasteiger partial charge in [0.25, 0.3) is 0 Å². The lowest BCUT2D eigenvalue weighted by Crippen LogP contribution is -1.92. The number of nitrogen functional groups attached to an aromatic ring is 1. The van der Waals surface area contributed by atoms with Gasteiger partial charge in [0.2, 0.25) is 0 Å². The summed E-state index contributed by atoms with van der Waals surface area (Å²) in [6.45, 7) is 0. The molecule has 0 amide bonds. The zero-order valence-corrected chi connectivity index (χ0v) is 10.6. The van der Waals surface area contributed by atoms with E-state index in [9.17, 15) is 0 Å². The minimum absolute atomic E-state index is 0.703. The molecule has 1 aromatic carbocycles. The van der Waals surface area contributed by atoms with E-state index >= 15 is 0 Å². The van der Waals surface area contributed by atoms with Gasteiger partial charge in [0.1, 0.15) is 11.4 Å². The molecule has 0 atom stereocenters. The van der Waals surface area contributed by atoms with Gasteiger partial charge in [-0.3, -0.25) is 0 Å². The summed E-state index contributed by atoms with van der Waals surface area (Å²) < 4.78 is 1.95. The Bertz CT molecular complexity index is 707. The summed E-state index contributed by atoms with van der Waals surface area (Å²) in [5.74, 6) is 0. The van der Waals surface area contributed by atoms with E-state index in [4.69, 9.17) is 5.73 Å². The highest BCUT2D eigenvalue weighted by Gasteiger charge is 2.08. The van der Waals surface area contributed by atoms with Gasteiger partial charge in [-0.15, -0.1) is 0 Å². The molecule has 0 spiro atoms. The molecule has 0 unspecified atom stereocenters. The number of hydrogen-bond donors (Lipinski definition) is 1. The normalized spacial score (nSPS) is 10.9. The van der Waals surface area contributed by atoms with E-state index in [0.29, 0.717) is 5.69 Å². The van der Waals surface area contributed by atoms with Crippen molar-refractivity contribution in [1.29, 1.82) is 0 Å². The Morgan fingerprint density at radius 1 is 1.22 bits per heavy atom. The summed E-state index contributed by atoms with van der Waals surface area (Å²) in [7, 11) is 1.96. The molecule has 90 valence electrons. The molecule has 0 saturated heterocycles. The SMILES string of the molecule is Cn1ccnc1Sc1ncnc2cc(N)ccc12. The van der Waals surface area contributed by atoms with Crippen LogP contribution in [0.4, 0.5) is 5.69 Å². The summed E-state index contributed by atoms with van der Waals surface area (Å²) in [4.78, 5) is 12.8. The lowest BCUT2D eigenvalue weighted by Gasteiger charge is -2.05. The second kappa shape index (κ2) is 4.30. The molecule has 2 heterocycles. The summed E-state index contributed by atoms with van der Waals surface area (Å²) in [6, 6.07) is 5.64. The monoisotopic (exact) mass is 257 g/mol. The molecule has 0 bridgehead atoms. The first-order valence-electron chi connectivity index (χ1n) is 5.39. The van der Waals surface area contributed by atoms with Crippen LogP contribution in [-0.4, -0.2) is 19.5 Å². The number of nitrogens with two attached hydrogens (primary N) is 1. The van der Waals surface area contributed by atoms with Crippen molar-refractivity contribution in [3.8, 4) is 0 Å². The predicted molar refractivity (Wildman–Crippen MR) is 71.3 cm³/mol. The average Bonchev–Trinajstić information content (AvgIpc) is 2.75. The van der Waals surface area contributed by atoms with E-state index in [0.717, 1.165) is 21.1 Å². The topological polar surface area (TPSA) is 69.6 Å². The Morgan fingerprint density at radius 3 is 2.89 bits per heavy atom. The van der Waals surface area contributed by atoms with Crippen molar-refractivity contribution < 1.29 is 0 Å². The first kappa shape index (κ1) is 11.0. The summed E-state index contributed by atoms with van der Waals surface area (Å²) in [5, 5.41) is 2.76. The van der Waals surface area contributed by atoms with Crippen LogP contribution in [0.1, 0.15) is 0 Å². The van der Waals surface area contributed by atoms with Gasteiger partial charge in [-0.25, -0.2) is 15.0 Å². The van der Waals surface area contributed by atoms with E-state index < -0.39 is 0 Å². The number of anilines is 1. The van der Waals surface area contributed by atoms with Gasteiger partial charge in [0.15, 0.2) is 5.16 Å². The number of aryl methyl sites for hydroxylation is 1. The van der Waals surface area contributed by atoms with Crippen molar-refractivity contribution in [1.82, 2.24) is 19.5 Å². The fourth-order valence-corrected chi connectivity index (χ4v) is 2.54. The Morgan fingerprint density at radius 2 is 2.11 bits per heavy atom. The van der Waals surface area contributed by atoms with Crippen LogP contribution in [0.15, 0.2) is 47.1 Å². The lowest BCUT2D eigenvalue weighted by atomic mass is 10.2. The predicted octanol–water partition coefficient (Wildman–Crippen LogP) is 2.10. The Balaban J connectivity index is 2.09. The molecule has 0 fully saturated rings. The van der Waals surface area contributed by atoms with Crippen LogP contribution < -0.4 is 5.73 Å². The van der Waals surface area contributed by atoms with Crippen molar-refractivity contribution in [2.45, 2.75) is 10.2 Å². The largest absolute Gasteiger partial charge is 0.399 e. The quantitative estimate of drug-likeness (QED) is 0.562. The third-order valence-electron chi connectivity index (χ3n) is 2.59. The fourth-order valence-electron chi connectivity index (χ4n) is 1.67. The van der Waals surface area contributed by atoms with Crippen LogP contribution in [0.25, 0.3) is 10.9 Å². The Labute approximate surface area is 108 Å². The third-order valence-corrected chi connectivity index (χ3v) is 3.68. The van der Waals surface area contributed by atoms with Crippen LogP contribution in [0.3, 0.4) is 0 Å². The number of benzene rings is 1. The van der Waals surface area contributed by atoms with Crippen molar-refractivity contribution in [2.75, 3.05) is 5.73 Å². The highest BCUT2D eigenvalue weighted by molar-refractivity contribution is 7.99. The molecular formula is C12H11N5S. The summed E-state index contributed by atoms with van der Waals surface area (Å²) in [5.41, 5.74) is 7.30. The molecule has 0 aliphatic heterocycles. The van der Waals surface area contributed by atoms with Gasteiger partial charge >= 0.3 is 0 Å². The molecule has 3 aromatic rings. The molecular weight excluding hydrogens is 246 g/mol. The molecule has 2 aromatic heterocycles. The maximum absolute atomic E-state index is 5.75. The molecule has 0 aliphatic rings. The highest BCUT2D eigenvalue weighted by atomic mass is 32.2. The smallest absolute Gasteiger partial charge is 0.174 e. The Kier molecular flexibility index (Phi) is 2.64. The number of aromatic nitrogens is 4. The zero-order valence-electron chi connectivity index (χ0n) is 9.74. The van der Waals surface area contributed by atoms with Crippen LogP contribution >= 0.6 is 11.8 Å². The second-order valence-electron chi connectivity index (χ2n) is 3.88. The molecule has 2 N–H and O–H groups in total. The van der Waals surface area contributed by atoms with E-state index in [-0.39, 0.29) is 0 Å². The maximum atomic E-state index is 5.75.